The van der Waals surface area contributed by atoms with Gasteiger partial charge < -0.3 is 19.5 Å². The lowest BCUT2D eigenvalue weighted by Crippen LogP contribution is -2.42. The van der Waals surface area contributed by atoms with Crippen molar-refractivity contribution in [3.05, 3.63) is 0 Å². The summed E-state index contributed by atoms with van der Waals surface area (Å²) in [6, 6.07) is 0. The molecule has 0 saturated carbocycles. The van der Waals surface area contributed by atoms with Crippen molar-refractivity contribution in [2.45, 2.75) is 32.5 Å². The van der Waals surface area contributed by atoms with Crippen LogP contribution in [0.15, 0.2) is 0 Å². The summed E-state index contributed by atoms with van der Waals surface area (Å²) < 4.78 is 23.7. The van der Waals surface area contributed by atoms with Crippen molar-refractivity contribution in [1.29, 1.82) is 0 Å². The Labute approximate surface area is 107 Å². The first-order chi connectivity index (χ1) is 8.18. The molecule has 0 amide bonds. The highest BCUT2D eigenvalue weighted by Gasteiger charge is 2.55. The molecular formula is C11H20NO5P. The topological polar surface area (TPSA) is 84.9 Å². The summed E-state index contributed by atoms with van der Waals surface area (Å²) in [5, 5.41) is 11.1. The second-order valence-electron chi connectivity index (χ2n) is 6.10. The van der Waals surface area contributed by atoms with Crippen molar-refractivity contribution in [3.8, 4) is 0 Å². The predicted molar refractivity (Wildman–Crippen MR) is 65.4 cm³/mol. The molecule has 7 heteroatoms. The molecule has 0 aromatic rings. The van der Waals surface area contributed by atoms with Crippen LogP contribution >= 0.6 is 7.60 Å². The third kappa shape index (κ3) is 2.35. The van der Waals surface area contributed by atoms with Gasteiger partial charge in [0.2, 0.25) is 0 Å². The van der Waals surface area contributed by atoms with Gasteiger partial charge in [0.25, 0.3) is 0 Å². The first-order valence-corrected chi connectivity index (χ1v) is 7.59. The molecule has 0 spiro atoms. The first-order valence-electron chi connectivity index (χ1n) is 6.05. The Morgan fingerprint density at radius 3 is 2.33 bits per heavy atom. The molecule has 6 nitrogen and oxygen atoms in total. The van der Waals surface area contributed by atoms with Gasteiger partial charge in [-0.2, -0.15) is 0 Å². The van der Waals surface area contributed by atoms with E-state index in [9.17, 15) is 9.36 Å². The van der Waals surface area contributed by atoms with Crippen molar-refractivity contribution in [1.82, 2.24) is 5.32 Å². The van der Waals surface area contributed by atoms with Crippen LogP contribution in [0.5, 0.6) is 0 Å². The quantitative estimate of drug-likeness (QED) is 0.747. The molecule has 2 saturated heterocycles. The third-order valence-corrected chi connectivity index (χ3v) is 6.06. The summed E-state index contributed by atoms with van der Waals surface area (Å²) in [6.07, 6.45) is 0.264. The lowest BCUT2D eigenvalue weighted by molar-refractivity contribution is -0.141. The second kappa shape index (κ2) is 4.30. The van der Waals surface area contributed by atoms with E-state index < -0.39 is 24.8 Å². The van der Waals surface area contributed by atoms with E-state index in [0.29, 0.717) is 19.8 Å². The Hall–Kier alpha value is -0.420. The SMILES string of the molecule is CC1(C)COP(=O)(C2(C)CC(C(=O)O)CN2)OC1. The summed E-state index contributed by atoms with van der Waals surface area (Å²) in [5.41, 5.74) is -0.158. The van der Waals surface area contributed by atoms with E-state index >= 15 is 0 Å². The summed E-state index contributed by atoms with van der Waals surface area (Å²) in [6.45, 7) is 6.68. The van der Waals surface area contributed by atoms with Crippen LogP contribution < -0.4 is 5.32 Å². The third-order valence-electron chi connectivity index (χ3n) is 3.58. The number of aliphatic carboxylic acids is 1. The Kier molecular flexibility index (Phi) is 3.35. The minimum absolute atomic E-state index is 0.158. The highest BCUT2D eigenvalue weighted by molar-refractivity contribution is 7.55. The molecule has 2 fully saturated rings. The van der Waals surface area contributed by atoms with Gasteiger partial charge >= 0.3 is 13.6 Å². The van der Waals surface area contributed by atoms with Gasteiger partial charge in [-0.05, 0) is 13.3 Å². The lowest BCUT2D eigenvalue weighted by Gasteiger charge is -2.40. The fourth-order valence-corrected chi connectivity index (χ4v) is 4.65. The zero-order valence-electron chi connectivity index (χ0n) is 10.9. The van der Waals surface area contributed by atoms with Crippen LogP contribution in [-0.2, 0) is 18.4 Å². The summed E-state index contributed by atoms with van der Waals surface area (Å²) in [4.78, 5) is 11.0. The number of carboxylic acids is 1. The van der Waals surface area contributed by atoms with Crippen LogP contribution in [0.3, 0.4) is 0 Å². The van der Waals surface area contributed by atoms with Gasteiger partial charge in [-0.25, -0.2) is 0 Å². The molecular weight excluding hydrogens is 257 g/mol. The van der Waals surface area contributed by atoms with Crippen LogP contribution in [0.25, 0.3) is 0 Å². The van der Waals surface area contributed by atoms with Crippen LogP contribution in [0.2, 0.25) is 0 Å². The molecule has 0 aromatic carbocycles. The minimum atomic E-state index is -3.30. The van der Waals surface area contributed by atoms with Crippen LogP contribution in [0.4, 0.5) is 0 Å². The van der Waals surface area contributed by atoms with Gasteiger partial charge in [-0.1, -0.05) is 13.8 Å². The summed E-state index contributed by atoms with van der Waals surface area (Å²) in [7, 11) is -3.30. The first kappa shape index (κ1) is 14.0. The van der Waals surface area contributed by atoms with Crippen LogP contribution in [-0.4, -0.2) is 36.1 Å². The van der Waals surface area contributed by atoms with Gasteiger partial charge in [-0.15, -0.1) is 0 Å². The Morgan fingerprint density at radius 2 is 1.89 bits per heavy atom. The van der Waals surface area contributed by atoms with E-state index in [-0.39, 0.29) is 11.8 Å². The zero-order chi connectivity index (χ0) is 13.6. The van der Waals surface area contributed by atoms with E-state index in [1.165, 1.54) is 0 Å². The maximum absolute atomic E-state index is 12.7. The molecule has 0 aliphatic carbocycles. The fraction of sp³-hybridized carbons (Fsp3) is 0.909. The molecule has 2 rings (SSSR count). The standard InChI is InChI=1S/C11H20NO5P/c1-10(2)6-16-18(15,17-7-10)11(3)4-8(5-12-11)9(13)14/h8,12H,4-7H2,1-3H3,(H,13,14). The predicted octanol–water partition coefficient (Wildman–Crippen LogP) is 1.66. The molecule has 18 heavy (non-hydrogen) atoms. The average Bonchev–Trinajstić information content (AvgIpc) is 2.68. The number of carboxylic acid groups (broad SMARTS) is 1. The minimum Gasteiger partial charge on any atom is -0.481 e. The molecule has 0 radical (unpaired) electrons. The Balaban J connectivity index is 2.12. The molecule has 0 bridgehead atoms. The van der Waals surface area contributed by atoms with Crippen molar-refractivity contribution in [3.63, 3.8) is 0 Å². The molecule has 104 valence electrons. The lowest BCUT2D eigenvalue weighted by atomic mass is 9.97. The molecule has 2 aliphatic rings. The van der Waals surface area contributed by atoms with Gasteiger partial charge in [-0.3, -0.25) is 9.36 Å². The van der Waals surface area contributed by atoms with Crippen molar-refractivity contribution < 1.29 is 23.5 Å². The van der Waals surface area contributed by atoms with Gasteiger partial charge in [0.15, 0.2) is 0 Å². The van der Waals surface area contributed by atoms with Crippen LogP contribution in [0, 0.1) is 11.3 Å². The maximum atomic E-state index is 12.7. The van der Waals surface area contributed by atoms with E-state index in [0.717, 1.165) is 0 Å². The van der Waals surface area contributed by atoms with Gasteiger partial charge in [0.1, 0.15) is 5.28 Å². The van der Waals surface area contributed by atoms with Crippen LogP contribution in [0.1, 0.15) is 27.2 Å². The Bertz CT molecular complexity index is 396. The van der Waals surface area contributed by atoms with Crippen molar-refractivity contribution in [2.24, 2.45) is 11.3 Å². The molecule has 2 unspecified atom stereocenters. The van der Waals surface area contributed by atoms with E-state index in [1.807, 2.05) is 13.8 Å². The summed E-state index contributed by atoms with van der Waals surface area (Å²) >= 11 is 0. The van der Waals surface area contributed by atoms with Gasteiger partial charge in [0, 0.05) is 12.0 Å². The van der Waals surface area contributed by atoms with Gasteiger partial charge in [0.05, 0.1) is 19.1 Å². The second-order valence-corrected chi connectivity index (χ2v) is 8.60. The molecule has 2 atom stereocenters. The van der Waals surface area contributed by atoms with Crippen molar-refractivity contribution in [2.75, 3.05) is 19.8 Å². The number of nitrogens with one attached hydrogen (secondary N) is 1. The zero-order valence-corrected chi connectivity index (χ0v) is 11.8. The van der Waals surface area contributed by atoms with Crippen molar-refractivity contribution >= 4 is 13.6 Å². The number of hydrogen-bond donors (Lipinski definition) is 2. The van der Waals surface area contributed by atoms with E-state index in [1.54, 1.807) is 6.92 Å². The highest BCUT2D eigenvalue weighted by Crippen LogP contribution is 2.65. The molecule has 2 N–H and O–H groups in total. The maximum Gasteiger partial charge on any atom is 0.350 e. The average molecular weight is 277 g/mol. The van der Waals surface area contributed by atoms with E-state index in [2.05, 4.69) is 5.32 Å². The molecule has 0 aromatic heterocycles. The summed E-state index contributed by atoms with van der Waals surface area (Å²) in [5.74, 6) is -1.42. The normalized spacial score (nSPS) is 38.5. The molecule has 2 heterocycles. The monoisotopic (exact) mass is 277 g/mol. The number of hydrogen-bond acceptors (Lipinski definition) is 5. The fourth-order valence-electron chi connectivity index (χ4n) is 2.23. The number of rotatable bonds is 2. The smallest absolute Gasteiger partial charge is 0.350 e. The Morgan fingerprint density at radius 1 is 1.33 bits per heavy atom. The number of carbonyl (C=O) groups is 1. The highest BCUT2D eigenvalue weighted by atomic mass is 31.2. The van der Waals surface area contributed by atoms with E-state index in [4.69, 9.17) is 14.2 Å². The molecule has 2 aliphatic heterocycles. The largest absolute Gasteiger partial charge is 0.481 e.